The minimum absolute atomic E-state index is 0.00531. The van der Waals surface area contributed by atoms with Crippen molar-refractivity contribution in [2.75, 3.05) is 42.6 Å². The monoisotopic (exact) mass is 456 g/mol. The van der Waals surface area contributed by atoms with Crippen molar-refractivity contribution in [1.82, 2.24) is 15.1 Å². The zero-order chi connectivity index (χ0) is 22.3. The van der Waals surface area contributed by atoms with Crippen LogP contribution in [0.4, 0.5) is 5.69 Å². The highest BCUT2D eigenvalue weighted by atomic mass is 32.2. The minimum Gasteiger partial charge on any atom is -0.353 e. The lowest BCUT2D eigenvalue weighted by Crippen LogP contribution is -2.64. The first kappa shape index (κ1) is 21.8. The maximum absolute atomic E-state index is 13.4. The summed E-state index contributed by atoms with van der Waals surface area (Å²) in [7, 11) is 0. The highest BCUT2D eigenvalue weighted by Gasteiger charge is 2.53. The third-order valence-corrected chi connectivity index (χ3v) is 8.82. The van der Waals surface area contributed by atoms with Gasteiger partial charge in [-0.3, -0.25) is 24.2 Å². The lowest BCUT2D eigenvalue weighted by molar-refractivity contribution is -0.124. The SMILES string of the molecule is CC12CCC(=O)N1c1ccccc1C(=O)N2CC(=O)NCC1(N2CCSCC2)CCCC1. The Morgan fingerprint density at radius 3 is 2.56 bits per heavy atom. The summed E-state index contributed by atoms with van der Waals surface area (Å²) in [6.07, 6.45) is 5.56. The van der Waals surface area contributed by atoms with E-state index in [-0.39, 0.29) is 29.8 Å². The first-order chi connectivity index (χ1) is 15.4. The average Bonchev–Trinajstić information content (AvgIpc) is 3.42. The second-order valence-corrected chi connectivity index (χ2v) is 10.9. The number of benzene rings is 1. The van der Waals surface area contributed by atoms with Crippen molar-refractivity contribution >= 4 is 35.2 Å². The molecule has 1 aromatic carbocycles. The molecule has 0 radical (unpaired) electrons. The van der Waals surface area contributed by atoms with Gasteiger partial charge in [-0.1, -0.05) is 25.0 Å². The standard InChI is InChI=1S/C24H32N4O3S/c1-23-11-8-21(30)28(23)19-7-3-2-6-18(19)22(31)27(23)16-20(29)25-17-24(9-4-5-10-24)26-12-14-32-15-13-26/h2-3,6-7H,4-5,8-17H2,1H3,(H,25,29). The maximum Gasteiger partial charge on any atom is 0.258 e. The quantitative estimate of drug-likeness (QED) is 0.737. The van der Waals surface area contributed by atoms with Crippen molar-refractivity contribution in [2.45, 2.75) is 56.7 Å². The molecule has 8 heteroatoms. The summed E-state index contributed by atoms with van der Waals surface area (Å²) < 4.78 is 0. The van der Waals surface area contributed by atoms with E-state index < -0.39 is 5.66 Å². The summed E-state index contributed by atoms with van der Waals surface area (Å²) in [4.78, 5) is 45.1. The van der Waals surface area contributed by atoms with Crippen molar-refractivity contribution in [2.24, 2.45) is 0 Å². The fourth-order valence-corrected chi connectivity index (χ4v) is 6.98. The molecular formula is C24H32N4O3S. The molecule has 172 valence electrons. The largest absolute Gasteiger partial charge is 0.353 e. The van der Waals surface area contributed by atoms with E-state index >= 15 is 0 Å². The van der Waals surface area contributed by atoms with Gasteiger partial charge in [0.15, 0.2) is 0 Å². The van der Waals surface area contributed by atoms with Crippen LogP contribution in [-0.4, -0.2) is 76.4 Å². The summed E-state index contributed by atoms with van der Waals surface area (Å²) >= 11 is 2.00. The van der Waals surface area contributed by atoms with Gasteiger partial charge in [0.05, 0.1) is 11.3 Å². The molecule has 0 bridgehead atoms. The number of rotatable bonds is 5. The predicted octanol–water partition coefficient (Wildman–Crippen LogP) is 2.46. The average molecular weight is 457 g/mol. The van der Waals surface area contributed by atoms with Crippen molar-refractivity contribution < 1.29 is 14.4 Å². The van der Waals surface area contributed by atoms with Gasteiger partial charge in [0.1, 0.15) is 12.2 Å². The molecule has 4 aliphatic rings. The Morgan fingerprint density at radius 2 is 1.81 bits per heavy atom. The van der Waals surface area contributed by atoms with E-state index in [1.54, 1.807) is 21.9 Å². The van der Waals surface area contributed by atoms with E-state index in [9.17, 15) is 14.4 Å². The van der Waals surface area contributed by atoms with E-state index in [0.29, 0.717) is 30.6 Å². The molecular weight excluding hydrogens is 424 g/mol. The van der Waals surface area contributed by atoms with Crippen LogP contribution in [0, 0.1) is 0 Å². The number of anilines is 1. The van der Waals surface area contributed by atoms with Gasteiger partial charge in [-0.2, -0.15) is 11.8 Å². The summed E-state index contributed by atoms with van der Waals surface area (Å²) in [6.45, 7) is 4.67. The molecule has 0 spiro atoms. The van der Waals surface area contributed by atoms with Gasteiger partial charge in [0.25, 0.3) is 5.91 Å². The third-order valence-electron chi connectivity index (χ3n) is 7.88. The van der Waals surface area contributed by atoms with Crippen LogP contribution in [0.3, 0.4) is 0 Å². The van der Waals surface area contributed by atoms with Gasteiger partial charge < -0.3 is 10.2 Å². The lowest BCUT2D eigenvalue weighted by Gasteiger charge is -2.48. The maximum atomic E-state index is 13.4. The first-order valence-electron chi connectivity index (χ1n) is 11.8. The summed E-state index contributed by atoms with van der Waals surface area (Å²) in [5.74, 6) is 1.99. The molecule has 0 aromatic heterocycles. The number of thioether (sulfide) groups is 1. The van der Waals surface area contributed by atoms with Crippen molar-refractivity contribution in [3.63, 3.8) is 0 Å². The molecule has 3 amide bonds. The zero-order valence-electron chi connectivity index (χ0n) is 18.8. The number of carbonyl (C=O) groups excluding carboxylic acids is 3. The molecule has 3 aliphatic heterocycles. The molecule has 5 rings (SSSR count). The summed E-state index contributed by atoms with van der Waals surface area (Å²) in [5, 5.41) is 3.18. The van der Waals surface area contributed by atoms with Gasteiger partial charge in [0, 0.05) is 43.1 Å². The van der Waals surface area contributed by atoms with Crippen molar-refractivity contribution in [1.29, 1.82) is 0 Å². The van der Waals surface area contributed by atoms with Crippen molar-refractivity contribution in [3.05, 3.63) is 29.8 Å². The van der Waals surface area contributed by atoms with Crippen LogP contribution in [0.2, 0.25) is 0 Å². The minimum atomic E-state index is -0.797. The molecule has 7 nitrogen and oxygen atoms in total. The Kier molecular flexibility index (Phi) is 5.70. The fraction of sp³-hybridized carbons (Fsp3) is 0.625. The molecule has 3 heterocycles. The van der Waals surface area contributed by atoms with Crippen molar-refractivity contribution in [3.8, 4) is 0 Å². The van der Waals surface area contributed by atoms with Gasteiger partial charge in [-0.15, -0.1) is 0 Å². The van der Waals surface area contributed by atoms with E-state index in [4.69, 9.17) is 0 Å². The Hall–Kier alpha value is -2.06. The predicted molar refractivity (Wildman–Crippen MR) is 126 cm³/mol. The van der Waals surface area contributed by atoms with Crippen LogP contribution >= 0.6 is 11.8 Å². The van der Waals surface area contributed by atoms with Gasteiger partial charge >= 0.3 is 0 Å². The lowest BCUT2D eigenvalue weighted by atomic mass is 9.94. The zero-order valence-corrected chi connectivity index (χ0v) is 19.6. The molecule has 1 unspecified atom stereocenters. The van der Waals surface area contributed by atoms with E-state index in [0.717, 1.165) is 37.4 Å². The number of para-hydroxylation sites is 1. The second-order valence-electron chi connectivity index (χ2n) is 9.66. The molecule has 32 heavy (non-hydrogen) atoms. The number of nitrogens with one attached hydrogen (secondary N) is 1. The molecule has 3 fully saturated rings. The van der Waals surface area contributed by atoms with Gasteiger partial charge in [-0.25, -0.2) is 0 Å². The number of carbonyl (C=O) groups is 3. The van der Waals surface area contributed by atoms with Gasteiger partial charge in [-0.05, 0) is 38.3 Å². The van der Waals surface area contributed by atoms with Gasteiger partial charge in [0.2, 0.25) is 11.8 Å². The molecule has 1 aromatic rings. The normalized spacial score (nSPS) is 27.4. The number of hydrogen-bond acceptors (Lipinski definition) is 5. The molecule has 1 aliphatic carbocycles. The number of nitrogens with zero attached hydrogens (tertiary/aromatic N) is 3. The Bertz CT molecular complexity index is 926. The number of amides is 3. The van der Waals surface area contributed by atoms with Crippen LogP contribution in [0.25, 0.3) is 0 Å². The molecule has 1 atom stereocenters. The first-order valence-corrected chi connectivity index (χ1v) is 12.9. The van der Waals surface area contributed by atoms with E-state index in [2.05, 4.69) is 10.2 Å². The fourth-order valence-electron chi connectivity index (χ4n) is 6.08. The number of fused-ring (bicyclic) bond motifs is 3. The molecule has 2 saturated heterocycles. The topological polar surface area (TPSA) is 73.0 Å². The molecule has 1 saturated carbocycles. The Balaban J connectivity index is 1.33. The Labute approximate surface area is 193 Å². The number of hydrogen-bond donors (Lipinski definition) is 1. The third kappa shape index (κ3) is 3.52. The van der Waals surface area contributed by atoms with Crippen LogP contribution in [-0.2, 0) is 9.59 Å². The summed E-state index contributed by atoms with van der Waals surface area (Å²) in [5.41, 5.74) is 0.404. The van der Waals surface area contributed by atoms with Crippen LogP contribution in [0.15, 0.2) is 24.3 Å². The Morgan fingerprint density at radius 1 is 1.09 bits per heavy atom. The van der Waals surface area contributed by atoms with E-state index in [1.807, 2.05) is 30.8 Å². The van der Waals surface area contributed by atoms with E-state index in [1.165, 1.54) is 12.8 Å². The smallest absolute Gasteiger partial charge is 0.258 e. The second kappa shape index (κ2) is 8.37. The highest BCUT2D eigenvalue weighted by Crippen LogP contribution is 2.44. The molecule has 1 N–H and O–H groups in total. The van der Waals surface area contributed by atoms with Crippen LogP contribution in [0.5, 0.6) is 0 Å². The highest BCUT2D eigenvalue weighted by molar-refractivity contribution is 7.99. The van der Waals surface area contributed by atoms with Crippen LogP contribution < -0.4 is 10.2 Å². The van der Waals surface area contributed by atoms with Crippen LogP contribution in [0.1, 0.15) is 55.8 Å². The summed E-state index contributed by atoms with van der Waals surface area (Å²) in [6, 6.07) is 7.22.